The smallest absolute Gasteiger partial charge is 0.151 e. The maximum atomic E-state index is 13.2. The first-order valence-corrected chi connectivity index (χ1v) is 5.35. The Hall–Kier alpha value is -0.450. The number of amidine groups is 1. The number of hydrogen-bond acceptors (Lipinski definition) is 2. The van der Waals surface area contributed by atoms with Crippen molar-refractivity contribution in [2.45, 2.75) is 5.75 Å². The topological polar surface area (TPSA) is 49.9 Å². The van der Waals surface area contributed by atoms with Gasteiger partial charge in [0.2, 0.25) is 0 Å². The lowest BCUT2D eigenvalue weighted by Gasteiger charge is -2.05. The van der Waals surface area contributed by atoms with Crippen molar-refractivity contribution in [2.24, 2.45) is 5.73 Å². The number of nitrogens with two attached hydrogens (primary N) is 1. The fourth-order valence-corrected chi connectivity index (χ4v) is 1.91. The molecule has 0 saturated carbocycles. The summed E-state index contributed by atoms with van der Waals surface area (Å²) < 4.78 is 13.2. The minimum Gasteiger partial charge on any atom is -0.379 e. The van der Waals surface area contributed by atoms with E-state index in [0.29, 0.717) is 5.02 Å². The molecule has 3 N–H and O–H groups in total. The molecule has 0 fully saturated rings. The van der Waals surface area contributed by atoms with Crippen LogP contribution in [0.2, 0.25) is 10.0 Å². The Morgan fingerprint density at radius 1 is 1.50 bits per heavy atom. The molecule has 0 aromatic heterocycles. The molecular weight excluding hydrogens is 246 g/mol. The standard InChI is InChI=1S/C8H7Cl2FN2S/c9-5-1-2-6(11)4(7(5)10)3-14-8(12)13/h1-2H,3H2,(H3,12,13). The number of thioether (sulfide) groups is 1. The van der Waals surface area contributed by atoms with Crippen LogP contribution in [0.4, 0.5) is 4.39 Å². The molecule has 1 rings (SSSR count). The number of halogens is 3. The van der Waals surface area contributed by atoms with Crippen LogP contribution in [0.15, 0.2) is 12.1 Å². The third-order valence-electron chi connectivity index (χ3n) is 1.51. The Bertz CT molecular complexity index is 371. The van der Waals surface area contributed by atoms with Gasteiger partial charge >= 0.3 is 0 Å². The fourth-order valence-electron chi connectivity index (χ4n) is 0.851. The van der Waals surface area contributed by atoms with E-state index < -0.39 is 5.82 Å². The van der Waals surface area contributed by atoms with Crippen molar-refractivity contribution in [1.82, 2.24) is 0 Å². The molecule has 0 unspecified atom stereocenters. The molecule has 1 aromatic rings. The third kappa shape index (κ3) is 2.77. The molecule has 0 aliphatic rings. The van der Waals surface area contributed by atoms with Crippen LogP contribution < -0.4 is 5.73 Å². The van der Waals surface area contributed by atoms with E-state index in [1.54, 1.807) is 0 Å². The van der Waals surface area contributed by atoms with Crippen LogP contribution in [0.25, 0.3) is 0 Å². The summed E-state index contributed by atoms with van der Waals surface area (Å²) in [5, 5.41) is 7.38. The van der Waals surface area contributed by atoms with Gasteiger partial charge in [0.05, 0.1) is 10.0 Å². The van der Waals surface area contributed by atoms with E-state index in [1.807, 2.05) is 0 Å². The zero-order chi connectivity index (χ0) is 10.7. The van der Waals surface area contributed by atoms with Crippen molar-refractivity contribution < 1.29 is 4.39 Å². The number of benzene rings is 1. The van der Waals surface area contributed by atoms with Crippen LogP contribution in [-0.2, 0) is 5.75 Å². The largest absolute Gasteiger partial charge is 0.379 e. The van der Waals surface area contributed by atoms with Gasteiger partial charge in [0, 0.05) is 11.3 Å². The van der Waals surface area contributed by atoms with Gasteiger partial charge in [0.1, 0.15) is 5.82 Å². The Labute approximate surface area is 95.1 Å². The summed E-state index contributed by atoms with van der Waals surface area (Å²) in [6, 6.07) is 2.63. The number of nitrogens with one attached hydrogen (secondary N) is 1. The van der Waals surface area contributed by atoms with Crippen LogP contribution in [-0.4, -0.2) is 5.17 Å². The highest BCUT2D eigenvalue weighted by molar-refractivity contribution is 8.13. The lowest BCUT2D eigenvalue weighted by Crippen LogP contribution is -2.04. The normalized spacial score (nSPS) is 10.2. The summed E-state index contributed by atoms with van der Waals surface area (Å²) in [6.45, 7) is 0. The monoisotopic (exact) mass is 252 g/mol. The average Bonchev–Trinajstić information content (AvgIpc) is 2.11. The van der Waals surface area contributed by atoms with Crippen molar-refractivity contribution in [2.75, 3.05) is 0 Å². The van der Waals surface area contributed by atoms with Gasteiger partial charge in [-0.15, -0.1) is 0 Å². The molecule has 0 bridgehead atoms. The van der Waals surface area contributed by atoms with Crippen molar-refractivity contribution in [3.63, 3.8) is 0 Å². The maximum Gasteiger partial charge on any atom is 0.151 e. The lowest BCUT2D eigenvalue weighted by atomic mass is 10.2. The van der Waals surface area contributed by atoms with Gasteiger partial charge in [-0.2, -0.15) is 0 Å². The summed E-state index contributed by atoms with van der Waals surface area (Å²) in [7, 11) is 0. The second-order valence-electron chi connectivity index (χ2n) is 2.47. The molecule has 14 heavy (non-hydrogen) atoms. The van der Waals surface area contributed by atoms with Crippen LogP contribution in [0.1, 0.15) is 5.56 Å². The highest BCUT2D eigenvalue weighted by Gasteiger charge is 2.11. The Balaban J connectivity index is 2.95. The molecular formula is C8H7Cl2FN2S. The second-order valence-corrected chi connectivity index (χ2v) is 4.28. The average molecular weight is 253 g/mol. The van der Waals surface area contributed by atoms with Crippen molar-refractivity contribution in [3.8, 4) is 0 Å². The summed E-state index contributed by atoms with van der Waals surface area (Å²) in [5.74, 6) is -0.228. The Morgan fingerprint density at radius 2 is 2.14 bits per heavy atom. The van der Waals surface area contributed by atoms with Gasteiger partial charge in [-0.05, 0) is 12.1 Å². The maximum absolute atomic E-state index is 13.2. The molecule has 76 valence electrons. The predicted octanol–water partition coefficient (Wildman–Crippen LogP) is 3.26. The minimum absolute atomic E-state index is 0.0829. The fraction of sp³-hybridized carbons (Fsp3) is 0.125. The molecule has 6 heteroatoms. The van der Waals surface area contributed by atoms with Gasteiger partial charge in [0.15, 0.2) is 5.17 Å². The summed E-state index contributed by atoms with van der Waals surface area (Å²) in [4.78, 5) is 0. The third-order valence-corrected chi connectivity index (χ3v) is 3.10. The van der Waals surface area contributed by atoms with E-state index in [2.05, 4.69) is 0 Å². The molecule has 0 aliphatic carbocycles. The van der Waals surface area contributed by atoms with Gasteiger partial charge in [-0.1, -0.05) is 35.0 Å². The van der Waals surface area contributed by atoms with Gasteiger partial charge < -0.3 is 5.73 Å². The first kappa shape index (κ1) is 11.6. The molecule has 1 aromatic carbocycles. The van der Waals surface area contributed by atoms with E-state index >= 15 is 0 Å². The summed E-state index contributed by atoms with van der Waals surface area (Å²) in [5.41, 5.74) is 5.40. The SMILES string of the molecule is N=C(N)SCc1c(F)ccc(Cl)c1Cl. The highest BCUT2D eigenvalue weighted by atomic mass is 35.5. The van der Waals surface area contributed by atoms with Gasteiger partial charge in [-0.3, -0.25) is 5.41 Å². The highest BCUT2D eigenvalue weighted by Crippen LogP contribution is 2.30. The molecule has 0 saturated heterocycles. The van der Waals surface area contributed by atoms with Crippen LogP contribution >= 0.6 is 35.0 Å². The number of hydrogen-bond donors (Lipinski definition) is 2. The Kier molecular flexibility index (Phi) is 4.04. The first-order chi connectivity index (χ1) is 6.52. The van der Waals surface area contributed by atoms with E-state index in [-0.39, 0.29) is 21.5 Å². The minimum atomic E-state index is -0.437. The molecule has 0 amide bonds. The van der Waals surface area contributed by atoms with E-state index in [4.69, 9.17) is 34.3 Å². The van der Waals surface area contributed by atoms with Crippen LogP contribution in [0, 0.1) is 11.2 Å². The van der Waals surface area contributed by atoms with Crippen LogP contribution in [0.3, 0.4) is 0 Å². The van der Waals surface area contributed by atoms with E-state index in [1.165, 1.54) is 12.1 Å². The molecule has 0 heterocycles. The number of rotatable bonds is 2. The van der Waals surface area contributed by atoms with Gasteiger partial charge in [0.25, 0.3) is 0 Å². The quantitative estimate of drug-likeness (QED) is 0.483. The van der Waals surface area contributed by atoms with E-state index in [9.17, 15) is 4.39 Å². The molecule has 0 atom stereocenters. The summed E-state index contributed by atoms with van der Waals surface area (Å²) in [6.07, 6.45) is 0. The molecule has 0 radical (unpaired) electrons. The van der Waals surface area contributed by atoms with Gasteiger partial charge in [-0.25, -0.2) is 4.39 Å². The van der Waals surface area contributed by atoms with Crippen molar-refractivity contribution in [1.29, 1.82) is 5.41 Å². The Morgan fingerprint density at radius 3 is 2.71 bits per heavy atom. The van der Waals surface area contributed by atoms with Crippen molar-refractivity contribution in [3.05, 3.63) is 33.6 Å². The van der Waals surface area contributed by atoms with Crippen molar-refractivity contribution >= 4 is 40.1 Å². The summed E-state index contributed by atoms with van der Waals surface area (Å²) >= 11 is 12.5. The van der Waals surface area contributed by atoms with E-state index in [0.717, 1.165) is 11.8 Å². The van der Waals surface area contributed by atoms with Crippen LogP contribution in [0.5, 0.6) is 0 Å². The molecule has 2 nitrogen and oxygen atoms in total. The first-order valence-electron chi connectivity index (χ1n) is 3.61. The second kappa shape index (κ2) is 4.87. The molecule has 0 aliphatic heterocycles. The zero-order valence-electron chi connectivity index (χ0n) is 6.98. The molecule has 0 spiro atoms. The zero-order valence-corrected chi connectivity index (χ0v) is 9.31. The predicted molar refractivity (Wildman–Crippen MR) is 59.6 cm³/mol. The lowest BCUT2D eigenvalue weighted by molar-refractivity contribution is 0.617.